The van der Waals surface area contributed by atoms with Crippen LogP contribution < -0.4 is 0 Å². The summed E-state index contributed by atoms with van der Waals surface area (Å²) in [5.41, 5.74) is 2.27. The van der Waals surface area contributed by atoms with Gasteiger partial charge in [0.25, 0.3) is 0 Å². The van der Waals surface area contributed by atoms with Gasteiger partial charge in [-0.3, -0.25) is 14.7 Å². The number of rotatable bonds is 3. The highest BCUT2D eigenvalue weighted by molar-refractivity contribution is 5.71. The van der Waals surface area contributed by atoms with Gasteiger partial charge in [-0.15, -0.1) is 0 Å². The van der Waals surface area contributed by atoms with E-state index in [9.17, 15) is 9.90 Å². The van der Waals surface area contributed by atoms with Crippen molar-refractivity contribution >= 4 is 5.97 Å². The molecule has 0 saturated carbocycles. The lowest BCUT2D eigenvalue weighted by Gasteiger charge is -2.22. The molecule has 4 heteroatoms. The van der Waals surface area contributed by atoms with Crippen LogP contribution in [-0.4, -0.2) is 33.0 Å². The number of aryl methyl sites for hydroxylation is 1. The summed E-state index contributed by atoms with van der Waals surface area (Å²) in [7, 11) is 0. The van der Waals surface area contributed by atoms with Gasteiger partial charge in [0.05, 0.1) is 11.6 Å². The summed E-state index contributed by atoms with van der Waals surface area (Å²) in [5.74, 6) is -0.808. The molecular weight excluding hydrogens is 228 g/mol. The molecule has 1 N–H and O–H groups in total. The van der Waals surface area contributed by atoms with Crippen molar-refractivity contribution in [2.24, 2.45) is 5.92 Å². The smallest absolute Gasteiger partial charge is 0.308 e. The van der Waals surface area contributed by atoms with E-state index >= 15 is 0 Å². The second-order valence-electron chi connectivity index (χ2n) is 5.42. The quantitative estimate of drug-likeness (QED) is 0.884. The fourth-order valence-electron chi connectivity index (χ4n) is 3.47. The van der Waals surface area contributed by atoms with Gasteiger partial charge in [0.1, 0.15) is 0 Å². The molecule has 18 heavy (non-hydrogen) atoms. The molecule has 0 spiro atoms. The minimum absolute atomic E-state index is 0.173. The second kappa shape index (κ2) is 4.35. The first-order valence-electron chi connectivity index (χ1n) is 6.56. The summed E-state index contributed by atoms with van der Waals surface area (Å²) in [6, 6.07) is 4.67. The molecule has 0 aromatic carbocycles. The number of fused-ring (bicyclic) bond motifs is 2. The molecule has 2 saturated heterocycles. The zero-order chi connectivity index (χ0) is 12.7. The molecule has 3 rings (SSSR count). The van der Waals surface area contributed by atoms with Crippen LogP contribution in [0.5, 0.6) is 0 Å². The Kier molecular flexibility index (Phi) is 2.82. The molecule has 2 bridgehead atoms. The zero-order valence-corrected chi connectivity index (χ0v) is 10.5. The summed E-state index contributed by atoms with van der Waals surface area (Å²) in [6.45, 7) is 2.86. The Hall–Kier alpha value is -1.42. The standard InChI is InChI=1S/C14H18N2O2/c1-9-3-2-6-15-12(9)8-16-10-4-5-13(16)11(7-10)14(17)18/h2-3,6,10-11,13H,4-5,7-8H2,1H3,(H,17,18). The first-order valence-corrected chi connectivity index (χ1v) is 6.56. The minimum Gasteiger partial charge on any atom is -0.481 e. The predicted octanol–water partition coefficient (Wildman–Crippen LogP) is 1.83. The third kappa shape index (κ3) is 1.81. The SMILES string of the molecule is Cc1cccnc1CN1C2CCC1C(C(=O)O)C2. The molecule has 1 aromatic rings. The number of carbonyl (C=O) groups is 1. The first kappa shape index (κ1) is 11.7. The summed E-state index contributed by atoms with van der Waals surface area (Å²) >= 11 is 0. The average molecular weight is 246 g/mol. The molecule has 0 aliphatic carbocycles. The average Bonchev–Trinajstić information content (AvgIpc) is 2.89. The Morgan fingerprint density at radius 3 is 3.06 bits per heavy atom. The molecule has 1 aromatic heterocycles. The van der Waals surface area contributed by atoms with Crippen LogP contribution in [0, 0.1) is 12.8 Å². The van der Waals surface area contributed by atoms with E-state index in [1.165, 1.54) is 5.56 Å². The fraction of sp³-hybridized carbons (Fsp3) is 0.571. The number of hydrogen-bond acceptors (Lipinski definition) is 3. The lowest BCUT2D eigenvalue weighted by Crippen LogP contribution is -2.33. The van der Waals surface area contributed by atoms with Crippen molar-refractivity contribution in [3.8, 4) is 0 Å². The Morgan fingerprint density at radius 1 is 1.56 bits per heavy atom. The van der Waals surface area contributed by atoms with Crippen LogP contribution >= 0.6 is 0 Å². The number of aromatic nitrogens is 1. The van der Waals surface area contributed by atoms with Crippen LogP contribution in [0.4, 0.5) is 0 Å². The molecule has 2 aliphatic heterocycles. The van der Waals surface area contributed by atoms with Gasteiger partial charge < -0.3 is 5.11 Å². The van der Waals surface area contributed by atoms with Gasteiger partial charge in [-0.05, 0) is 37.8 Å². The van der Waals surface area contributed by atoms with Crippen LogP contribution in [0.25, 0.3) is 0 Å². The van der Waals surface area contributed by atoms with Crippen molar-refractivity contribution in [3.05, 3.63) is 29.6 Å². The van der Waals surface area contributed by atoms with Crippen LogP contribution in [0.1, 0.15) is 30.5 Å². The van der Waals surface area contributed by atoms with E-state index in [0.29, 0.717) is 6.04 Å². The highest BCUT2D eigenvalue weighted by Gasteiger charge is 2.49. The molecule has 0 amide bonds. The van der Waals surface area contributed by atoms with Gasteiger partial charge in [0.2, 0.25) is 0 Å². The van der Waals surface area contributed by atoms with Gasteiger partial charge >= 0.3 is 5.97 Å². The highest BCUT2D eigenvalue weighted by Crippen LogP contribution is 2.42. The van der Waals surface area contributed by atoms with Crippen molar-refractivity contribution < 1.29 is 9.90 Å². The maximum absolute atomic E-state index is 11.2. The molecule has 4 nitrogen and oxygen atoms in total. The topological polar surface area (TPSA) is 53.4 Å². The molecule has 96 valence electrons. The van der Waals surface area contributed by atoms with Gasteiger partial charge in [-0.2, -0.15) is 0 Å². The second-order valence-corrected chi connectivity index (χ2v) is 5.42. The van der Waals surface area contributed by atoms with E-state index in [1.54, 1.807) is 0 Å². The Balaban J connectivity index is 1.79. The highest BCUT2D eigenvalue weighted by atomic mass is 16.4. The number of aliphatic carboxylic acids is 1. The molecule has 2 aliphatic rings. The fourth-order valence-corrected chi connectivity index (χ4v) is 3.47. The maximum Gasteiger partial charge on any atom is 0.308 e. The normalized spacial score (nSPS) is 30.8. The summed E-state index contributed by atoms with van der Waals surface area (Å²) in [4.78, 5) is 18.0. The Bertz CT molecular complexity index is 475. The molecule has 3 heterocycles. The monoisotopic (exact) mass is 246 g/mol. The Morgan fingerprint density at radius 2 is 2.39 bits per heavy atom. The summed E-state index contributed by atoms with van der Waals surface area (Å²) in [5, 5.41) is 9.23. The van der Waals surface area contributed by atoms with Crippen LogP contribution in [0.15, 0.2) is 18.3 Å². The molecule has 0 radical (unpaired) electrons. The van der Waals surface area contributed by atoms with Crippen LogP contribution in [0.3, 0.4) is 0 Å². The van der Waals surface area contributed by atoms with Crippen LogP contribution in [-0.2, 0) is 11.3 Å². The van der Waals surface area contributed by atoms with Gasteiger partial charge in [-0.25, -0.2) is 0 Å². The first-order chi connectivity index (χ1) is 8.66. The van der Waals surface area contributed by atoms with Crippen molar-refractivity contribution in [2.45, 2.75) is 44.8 Å². The number of pyridine rings is 1. The third-order valence-corrected chi connectivity index (χ3v) is 4.45. The van der Waals surface area contributed by atoms with Gasteiger partial charge in [0, 0.05) is 24.8 Å². The lowest BCUT2D eigenvalue weighted by molar-refractivity contribution is -0.142. The third-order valence-electron chi connectivity index (χ3n) is 4.45. The zero-order valence-electron chi connectivity index (χ0n) is 10.5. The van der Waals surface area contributed by atoms with Crippen molar-refractivity contribution in [1.29, 1.82) is 0 Å². The van der Waals surface area contributed by atoms with E-state index in [1.807, 2.05) is 12.3 Å². The number of carboxylic acid groups (broad SMARTS) is 1. The van der Waals surface area contributed by atoms with Crippen molar-refractivity contribution in [2.75, 3.05) is 0 Å². The molecule has 3 unspecified atom stereocenters. The molecule has 3 atom stereocenters. The van der Waals surface area contributed by atoms with Gasteiger partial charge in [0.15, 0.2) is 0 Å². The minimum atomic E-state index is -0.634. The molecular formula is C14H18N2O2. The van der Waals surface area contributed by atoms with E-state index < -0.39 is 5.97 Å². The van der Waals surface area contributed by atoms with E-state index in [-0.39, 0.29) is 12.0 Å². The van der Waals surface area contributed by atoms with Gasteiger partial charge in [-0.1, -0.05) is 6.07 Å². The maximum atomic E-state index is 11.2. The lowest BCUT2D eigenvalue weighted by atomic mass is 9.89. The number of hydrogen-bond donors (Lipinski definition) is 1. The summed E-state index contributed by atoms with van der Waals surface area (Å²) in [6.07, 6.45) is 4.79. The summed E-state index contributed by atoms with van der Waals surface area (Å²) < 4.78 is 0. The molecule has 2 fully saturated rings. The van der Waals surface area contributed by atoms with Crippen molar-refractivity contribution in [1.82, 2.24) is 9.88 Å². The van der Waals surface area contributed by atoms with Crippen LogP contribution in [0.2, 0.25) is 0 Å². The predicted molar refractivity (Wildman–Crippen MR) is 67.1 cm³/mol. The number of carboxylic acids is 1. The van der Waals surface area contributed by atoms with E-state index in [4.69, 9.17) is 0 Å². The van der Waals surface area contributed by atoms with Crippen molar-refractivity contribution in [3.63, 3.8) is 0 Å². The largest absolute Gasteiger partial charge is 0.481 e. The Labute approximate surface area is 107 Å². The van der Waals surface area contributed by atoms with E-state index in [0.717, 1.165) is 31.5 Å². The van der Waals surface area contributed by atoms with E-state index in [2.05, 4.69) is 22.9 Å². The number of nitrogens with zero attached hydrogens (tertiary/aromatic N) is 2.